The first kappa shape index (κ1) is 12.5. The van der Waals surface area contributed by atoms with Crippen LogP contribution in [0.15, 0.2) is 12.4 Å². The van der Waals surface area contributed by atoms with E-state index in [4.69, 9.17) is 18.0 Å². The highest BCUT2D eigenvalue weighted by molar-refractivity contribution is 7.80. The fourth-order valence-electron chi connectivity index (χ4n) is 2.57. The fourth-order valence-corrected chi connectivity index (χ4v) is 2.74. The summed E-state index contributed by atoms with van der Waals surface area (Å²) in [6, 6.07) is 0.636. The maximum absolute atomic E-state index is 5.69. The van der Waals surface area contributed by atoms with Crippen molar-refractivity contribution in [3.8, 4) is 0 Å². The Balaban J connectivity index is 2.01. The van der Waals surface area contributed by atoms with E-state index < -0.39 is 0 Å². The van der Waals surface area contributed by atoms with Crippen LogP contribution in [0.25, 0.3) is 0 Å². The molecule has 1 aliphatic rings. The third-order valence-electron chi connectivity index (χ3n) is 3.34. The van der Waals surface area contributed by atoms with E-state index in [1.807, 2.05) is 17.9 Å². The van der Waals surface area contributed by atoms with Crippen molar-refractivity contribution in [3.63, 3.8) is 0 Å². The van der Waals surface area contributed by atoms with Crippen molar-refractivity contribution in [2.75, 3.05) is 6.54 Å². The van der Waals surface area contributed by atoms with Crippen molar-refractivity contribution >= 4 is 17.2 Å². The highest BCUT2D eigenvalue weighted by Crippen LogP contribution is 2.24. The summed E-state index contributed by atoms with van der Waals surface area (Å²) in [6.45, 7) is 1.62. The smallest absolute Gasteiger partial charge is 0.0870 e. The molecule has 0 aliphatic heterocycles. The number of aromatic nitrogens is 2. The van der Waals surface area contributed by atoms with Crippen molar-refractivity contribution in [2.24, 2.45) is 12.8 Å². The van der Waals surface area contributed by atoms with Gasteiger partial charge in [-0.2, -0.15) is 5.10 Å². The molecular formula is C12H20N4S. The quantitative estimate of drug-likeness (QED) is 0.806. The van der Waals surface area contributed by atoms with Gasteiger partial charge in [-0.05, 0) is 12.8 Å². The molecule has 1 heterocycles. The van der Waals surface area contributed by atoms with Crippen LogP contribution in [0.5, 0.6) is 0 Å². The van der Waals surface area contributed by atoms with Gasteiger partial charge in [-0.3, -0.25) is 9.58 Å². The monoisotopic (exact) mass is 252 g/mol. The van der Waals surface area contributed by atoms with E-state index in [2.05, 4.69) is 16.2 Å². The number of nitrogens with two attached hydrogens (primary N) is 1. The number of thiocarbonyl (C=S) groups is 1. The third kappa shape index (κ3) is 3.51. The highest BCUT2D eigenvalue weighted by atomic mass is 32.1. The Morgan fingerprint density at radius 3 is 2.82 bits per heavy atom. The SMILES string of the molecule is Cn1cc(CN(CC(N)=S)C2CCCC2)cn1. The van der Waals surface area contributed by atoms with Gasteiger partial charge in [-0.25, -0.2) is 0 Å². The lowest BCUT2D eigenvalue weighted by Crippen LogP contribution is -2.38. The number of aryl methyl sites for hydroxylation is 1. The van der Waals surface area contributed by atoms with E-state index in [-0.39, 0.29) is 0 Å². The van der Waals surface area contributed by atoms with Crippen LogP contribution in [0.4, 0.5) is 0 Å². The molecule has 17 heavy (non-hydrogen) atoms. The summed E-state index contributed by atoms with van der Waals surface area (Å²) >= 11 is 5.04. The molecule has 2 N–H and O–H groups in total. The van der Waals surface area contributed by atoms with Crippen LogP contribution in [-0.2, 0) is 13.6 Å². The molecule has 0 atom stereocenters. The molecule has 1 aromatic heterocycles. The zero-order chi connectivity index (χ0) is 12.3. The summed E-state index contributed by atoms with van der Waals surface area (Å²) in [5.74, 6) is 0. The molecule has 0 radical (unpaired) electrons. The van der Waals surface area contributed by atoms with Gasteiger partial charge in [-0.15, -0.1) is 0 Å². The summed E-state index contributed by atoms with van der Waals surface area (Å²) in [4.78, 5) is 2.98. The zero-order valence-electron chi connectivity index (χ0n) is 10.3. The molecule has 0 bridgehead atoms. The van der Waals surface area contributed by atoms with E-state index in [0.29, 0.717) is 11.0 Å². The van der Waals surface area contributed by atoms with Gasteiger partial charge in [0.1, 0.15) is 0 Å². The molecule has 1 fully saturated rings. The summed E-state index contributed by atoms with van der Waals surface area (Å²) in [7, 11) is 1.94. The summed E-state index contributed by atoms with van der Waals surface area (Å²) in [5.41, 5.74) is 6.92. The Morgan fingerprint density at radius 2 is 2.29 bits per heavy atom. The Morgan fingerprint density at radius 1 is 1.59 bits per heavy atom. The molecule has 94 valence electrons. The van der Waals surface area contributed by atoms with Crippen molar-refractivity contribution < 1.29 is 0 Å². The van der Waals surface area contributed by atoms with Gasteiger partial charge in [0.2, 0.25) is 0 Å². The Kier molecular flexibility index (Phi) is 4.12. The predicted octanol–water partition coefficient (Wildman–Crippen LogP) is 1.45. The van der Waals surface area contributed by atoms with E-state index in [9.17, 15) is 0 Å². The lowest BCUT2D eigenvalue weighted by molar-refractivity contribution is 0.219. The average molecular weight is 252 g/mol. The predicted molar refractivity (Wildman–Crippen MR) is 72.7 cm³/mol. The first-order valence-electron chi connectivity index (χ1n) is 6.15. The molecule has 0 amide bonds. The Hall–Kier alpha value is -0.940. The molecule has 1 aliphatic carbocycles. The van der Waals surface area contributed by atoms with Gasteiger partial charge in [-0.1, -0.05) is 25.1 Å². The molecular weight excluding hydrogens is 232 g/mol. The van der Waals surface area contributed by atoms with Crippen LogP contribution in [0.2, 0.25) is 0 Å². The van der Waals surface area contributed by atoms with E-state index in [1.165, 1.54) is 31.2 Å². The van der Waals surface area contributed by atoms with Crippen LogP contribution in [0.3, 0.4) is 0 Å². The van der Waals surface area contributed by atoms with Crippen molar-refractivity contribution in [2.45, 2.75) is 38.3 Å². The van der Waals surface area contributed by atoms with Crippen molar-refractivity contribution in [3.05, 3.63) is 18.0 Å². The topological polar surface area (TPSA) is 47.1 Å². The number of rotatable bonds is 5. The summed E-state index contributed by atoms with van der Waals surface area (Å²) < 4.78 is 1.84. The number of nitrogens with zero attached hydrogens (tertiary/aromatic N) is 3. The summed E-state index contributed by atoms with van der Waals surface area (Å²) in [6.07, 6.45) is 9.16. The van der Waals surface area contributed by atoms with Gasteiger partial charge in [0.15, 0.2) is 0 Å². The maximum Gasteiger partial charge on any atom is 0.0870 e. The van der Waals surface area contributed by atoms with Crippen molar-refractivity contribution in [1.82, 2.24) is 14.7 Å². The van der Waals surface area contributed by atoms with Crippen LogP contribution in [0, 0.1) is 0 Å². The zero-order valence-corrected chi connectivity index (χ0v) is 11.1. The molecule has 2 rings (SSSR count). The second-order valence-corrected chi connectivity index (χ2v) is 5.36. The highest BCUT2D eigenvalue weighted by Gasteiger charge is 2.23. The van der Waals surface area contributed by atoms with Gasteiger partial charge in [0, 0.05) is 37.9 Å². The molecule has 1 saturated carbocycles. The lowest BCUT2D eigenvalue weighted by Gasteiger charge is -2.27. The molecule has 5 heteroatoms. The third-order valence-corrected chi connectivity index (χ3v) is 3.47. The molecule has 0 aromatic carbocycles. The first-order chi connectivity index (χ1) is 8.15. The fraction of sp³-hybridized carbons (Fsp3) is 0.667. The number of hydrogen-bond acceptors (Lipinski definition) is 3. The number of hydrogen-bond donors (Lipinski definition) is 1. The molecule has 0 saturated heterocycles. The van der Waals surface area contributed by atoms with Crippen LogP contribution in [-0.4, -0.2) is 32.3 Å². The molecule has 0 unspecified atom stereocenters. The van der Waals surface area contributed by atoms with E-state index >= 15 is 0 Å². The van der Waals surface area contributed by atoms with Gasteiger partial charge < -0.3 is 5.73 Å². The molecule has 0 spiro atoms. The standard InChI is InChI=1S/C12H20N4S/c1-15-7-10(6-14-15)8-16(9-12(13)17)11-4-2-3-5-11/h6-7,11H,2-5,8-9H2,1H3,(H2,13,17). The van der Waals surface area contributed by atoms with Gasteiger partial charge in [0.25, 0.3) is 0 Å². The van der Waals surface area contributed by atoms with Gasteiger partial charge in [0.05, 0.1) is 11.2 Å². The minimum Gasteiger partial charge on any atom is -0.392 e. The summed E-state index contributed by atoms with van der Waals surface area (Å²) in [5, 5.41) is 4.20. The van der Waals surface area contributed by atoms with Crippen LogP contribution < -0.4 is 5.73 Å². The molecule has 1 aromatic rings. The van der Waals surface area contributed by atoms with Crippen molar-refractivity contribution in [1.29, 1.82) is 0 Å². The Labute approximate surface area is 108 Å². The lowest BCUT2D eigenvalue weighted by atomic mass is 10.2. The normalized spacial score (nSPS) is 16.8. The maximum atomic E-state index is 5.69. The minimum atomic E-state index is 0.584. The van der Waals surface area contributed by atoms with Gasteiger partial charge >= 0.3 is 0 Å². The first-order valence-corrected chi connectivity index (χ1v) is 6.56. The van der Waals surface area contributed by atoms with E-state index in [0.717, 1.165) is 13.1 Å². The van der Waals surface area contributed by atoms with Crippen LogP contribution >= 0.6 is 12.2 Å². The largest absolute Gasteiger partial charge is 0.392 e. The Bertz CT molecular complexity index is 382. The second-order valence-electron chi connectivity index (χ2n) is 4.83. The second kappa shape index (κ2) is 5.60. The average Bonchev–Trinajstić information content (AvgIpc) is 2.87. The van der Waals surface area contributed by atoms with Crippen LogP contribution in [0.1, 0.15) is 31.2 Å². The minimum absolute atomic E-state index is 0.584. The van der Waals surface area contributed by atoms with E-state index in [1.54, 1.807) is 0 Å². The molecule has 4 nitrogen and oxygen atoms in total.